The SMILES string of the molecule is O=C(O)C(F)(F)F.O=C1OCCN1c1cccc(CNc2nnc3n(c2=O)CCC3)c1. The fourth-order valence-electron chi connectivity index (χ4n) is 3.02. The molecule has 31 heavy (non-hydrogen) atoms. The number of nitrogens with zero attached hydrogens (tertiary/aromatic N) is 4. The summed E-state index contributed by atoms with van der Waals surface area (Å²) in [4.78, 5) is 34.5. The molecule has 2 aromatic rings. The summed E-state index contributed by atoms with van der Waals surface area (Å²) in [5.41, 5.74) is 1.60. The van der Waals surface area contributed by atoms with Crippen LogP contribution in [0.3, 0.4) is 0 Å². The molecular formula is C18H18F3N5O5. The Balaban J connectivity index is 0.000000339. The van der Waals surface area contributed by atoms with Crippen LogP contribution in [0.5, 0.6) is 0 Å². The average molecular weight is 441 g/mol. The van der Waals surface area contributed by atoms with Crippen LogP contribution < -0.4 is 15.8 Å². The lowest BCUT2D eigenvalue weighted by Gasteiger charge is -2.14. The summed E-state index contributed by atoms with van der Waals surface area (Å²) in [6.07, 6.45) is -3.68. The molecule has 166 valence electrons. The fourth-order valence-corrected chi connectivity index (χ4v) is 3.02. The molecule has 2 aliphatic heterocycles. The van der Waals surface area contributed by atoms with Gasteiger partial charge in [0.15, 0.2) is 0 Å². The molecule has 0 aliphatic carbocycles. The smallest absolute Gasteiger partial charge is 0.475 e. The fraction of sp³-hybridized carbons (Fsp3) is 0.389. The Hall–Kier alpha value is -3.64. The molecular weight excluding hydrogens is 423 g/mol. The van der Waals surface area contributed by atoms with Crippen molar-refractivity contribution in [3.05, 3.63) is 46.0 Å². The van der Waals surface area contributed by atoms with Gasteiger partial charge in [-0.1, -0.05) is 12.1 Å². The second kappa shape index (κ2) is 9.02. The maximum absolute atomic E-state index is 12.3. The number of hydrogen-bond donors (Lipinski definition) is 2. The van der Waals surface area contributed by atoms with E-state index >= 15 is 0 Å². The number of alkyl halides is 3. The van der Waals surface area contributed by atoms with Gasteiger partial charge in [0.05, 0.1) is 6.54 Å². The van der Waals surface area contributed by atoms with Crippen LogP contribution >= 0.6 is 0 Å². The Bertz CT molecular complexity index is 1040. The zero-order valence-corrected chi connectivity index (χ0v) is 16.1. The highest BCUT2D eigenvalue weighted by Gasteiger charge is 2.38. The highest BCUT2D eigenvalue weighted by atomic mass is 19.4. The van der Waals surface area contributed by atoms with Crippen LogP contribution in [0, 0.1) is 0 Å². The van der Waals surface area contributed by atoms with Crippen LogP contribution in [-0.4, -0.2) is 51.3 Å². The molecule has 1 aromatic heterocycles. The van der Waals surface area contributed by atoms with Gasteiger partial charge in [0.2, 0.25) is 5.82 Å². The minimum atomic E-state index is -5.08. The number of nitrogens with one attached hydrogen (secondary N) is 1. The molecule has 0 radical (unpaired) electrons. The predicted octanol–water partition coefficient (Wildman–Crippen LogP) is 1.79. The van der Waals surface area contributed by atoms with E-state index in [0.717, 1.165) is 29.9 Å². The molecule has 3 heterocycles. The molecule has 1 fully saturated rings. The molecule has 4 rings (SSSR count). The van der Waals surface area contributed by atoms with E-state index in [1.807, 2.05) is 24.3 Å². The van der Waals surface area contributed by atoms with Gasteiger partial charge in [-0.15, -0.1) is 10.2 Å². The maximum Gasteiger partial charge on any atom is 0.490 e. The van der Waals surface area contributed by atoms with E-state index in [1.165, 1.54) is 0 Å². The van der Waals surface area contributed by atoms with E-state index in [1.54, 1.807) is 9.47 Å². The number of aromatic nitrogens is 3. The van der Waals surface area contributed by atoms with E-state index in [4.69, 9.17) is 14.6 Å². The first kappa shape index (κ1) is 22.1. The van der Waals surface area contributed by atoms with Crippen LogP contribution in [0.2, 0.25) is 0 Å². The Morgan fingerprint density at radius 3 is 2.61 bits per heavy atom. The minimum absolute atomic E-state index is 0.128. The molecule has 0 atom stereocenters. The molecule has 1 amide bonds. The number of aliphatic carboxylic acids is 1. The number of carbonyl (C=O) groups is 2. The summed E-state index contributed by atoms with van der Waals surface area (Å²) in [5, 5.41) is 18.3. The van der Waals surface area contributed by atoms with Crippen molar-refractivity contribution in [1.29, 1.82) is 0 Å². The number of carbonyl (C=O) groups excluding carboxylic acids is 1. The lowest BCUT2D eigenvalue weighted by molar-refractivity contribution is -0.192. The van der Waals surface area contributed by atoms with Gasteiger partial charge in [0.25, 0.3) is 5.56 Å². The monoisotopic (exact) mass is 441 g/mol. The number of hydrogen-bond acceptors (Lipinski definition) is 7. The van der Waals surface area contributed by atoms with Crippen molar-refractivity contribution >= 4 is 23.6 Å². The third kappa shape index (κ3) is 5.29. The molecule has 0 saturated carbocycles. The molecule has 2 aliphatic rings. The zero-order valence-electron chi connectivity index (χ0n) is 16.1. The number of benzene rings is 1. The minimum Gasteiger partial charge on any atom is -0.475 e. The number of carboxylic acid groups (broad SMARTS) is 1. The number of fused-ring (bicyclic) bond motifs is 1. The van der Waals surface area contributed by atoms with Crippen LogP contribution in [0.25, 0.3) is 0 Å². The van der Waals surface area contributed by atoms with Crippen molar-refractivity contribution in [3.63, 3.8) is 0 Å². The number of amides is 1. The number of cyclic esters (lactones) is 1. The molecule has 2 N–H and O–H groups in total. The lowest BCUT2D eigenvalue weighted by atomic mass is 10.2. The summed E-state index contributed by atoms with van der Waals surface area (Å²) in [6, 6.07) is 7.56. The van der Waals surface area contributed by atoms with E-state index in [0.29, 0.717) is 26.2 Å². The van der Waals surface area contributed by atoms with Gasteiger partial charge >= 0.3 is 18.2 Å². The third-order valence-electron chi connectivity index (χ3n) is 4.49. The van der Waals surface area contributed by atoms with Gasteiger partial charge < -0.3 is 15.2 Å². The Morgan fingerprint density at radius 1 is 1.23 bits per heavy atom. The average Bonchev–Trinajstić information content (AvgIpc) is 3.37. The standard InChI is InChI=1S/C16H17N5O3.C2HF3O2/c22-15-14(19-18-13-5-2-6-21(13)15)17-10-11-3-1-4-12(9-11)20-7-8-24-16(20)23;3-2(4,5)1(6)7/h1,3-4,9H,2,5-8,10H2,(H,17,19);(H,6,7). The number of rotatable bonds is 4. The van der Waals surface area contributed by atoms with Gasteiger partial charge in [-0.3, -0.25) is 14.3 Å². The van der Waals surface area contributed by atoms with Gasteiger partial charge in [-0.05, 0) is 24.1 Å². The van der Waals surface area contributed by atoms with Crippen molar-refractivity contribution in [2.24, 2.45) is 0 Å². The predicted molar refractivity (Wildman–Crippen MR) is 101 cm³/mol. The van der Waals surface area contributed by atoms with Gasteiger partial charge in [0.1, 0.15) is 12.4 Å². The van der Waals surface area contributed by atoms with Crippen molar-refractivity contribution < 1.29 is 32.6 Å². The van der Waals surface area contributed by atoms with Crippen molar-refractivity contribution in [2.45, 2.75) is 32.1 Å². The van der Waals surface area contributed by atoms with E-state index < -0.39 is 12.1 Å². The first-order valence-electron chi connectivity index (χ1n) is 9.20. The van der Waals surface area contributed by atoms with Crippen LogP contribution in [0.1, 0.15) is 17.8 Å². The maximum atomic E-state index is 12.3. The van der Waals surface area contributed by atoms with Crippen molar-refractivity contribution in [1.82, 2.24) is 14.8 Å². The normalized spacial score (nSPS) is 15.1. The van der Waals surface area contributed by atoms with E-state index in [2.05, 4.69) is 15.5 Å². The summed E-state index contributed by atoms with van der Waals surface area (Å²) in [5.74, 6) is -1.75. The number of carboxylic acids is 1. The van der Waals surface area contributed by atoms with Crippen molar-refractivity contribution in [2.75, 3.05) is 23.4 Å². The van der Waals surface area contributed by atoms with Crippen LogP contribution in [0.4, 0.5) is 29.5 Å². The van der Waals surface area contributed by atoms with Crippen molar-refractivity contribution in [3.8, 4) is 0 Å². The lowest BCUT2D eigenvalue weighted by Crippen LogP contribution is -2.26. The van der Waals surface area contributed by atoms with E-state index in [-0.39, 0.29) is 17.5 Å². The number of ether oxygens (including phenoxy) is 1. The number of halogens is 3. The number of aryl methyl sites for hydroxylation is 1. The Labute approximate surface area is 173 Å². The summed E-state index contributed by atoms with van der Waals surface area (Å²) in [7, 11) is 0. The summed E-state index contributed by atoms with van der Waals surface area (Å²) < 4.78 is 38.4. The second-order valence-corrected chi connectivity index (χ2v) is 6.62. The largest absolute Gasteiger partial charge is 0.490 e. The Morgan fingerprint density at radius 2 is 1.97 bits per heavy atom. The first-order valence-corrected chi connectivity index (χ1v) is 9.20. The van der Waals surface area contributed by atoms with E-state index in [9.17, 15) is 22.8 Å². The highest BCUT2D eigenvalue weighted by molar-refractivity contribution is 5.89. The summed E-state index contributed by atoms with van der Waals surface area (Å²) >= 11 is 0. The molecule has 13 heteroatoms. The molecule has 0 spiro atoms. The molecule has 10 nitrogen and oxygen atoms in total. The number of anilines is 2. The van der Waals surface area contributed by atoms with Gasteiger partial charge in [0, 0.05) is 25.2 Å². The van der Waals surface area contributed by atoms with Gasteiger partial charge in [-0.25, -0.2) is 9.59 Å². The first-order chi connectivity index (χ1) is 14.7. The van der Waals surface area contributed by atoms with Gasteiger partial charge in [-0.2, -0.15) is 13.2 Å². The van der Waals surface area contributed by atoms with Crippen LogP contribution in [0.15, 0.2) is 29.1 Å². The Kier molecular flexibility index (Phi) is 6.42. The quantitative estimate of drug-likeness (QED) is 0.735. The summed E-state index contributed by atoms with van der Waals surface area (Å²) in [6.45, 7) is 2.08. The highest BCUT2D eigenvalue weighted by Crippen LogP contribution is 2.20. The molecule has 1 aromatic carbocycles. The van der Waals surface area contributed by atoms with Crippen LogP contribution in [-0.2, 0) is 29.0 Å². The molecule has 0 unspecified atom stereocenters. The molecule has 1 saturated heterocycles. The zero-order chi connectivity index (χ0) is 22.6. The molecule has 0 bridgehead atoms. The topological polar surface area (TPSA) is 127 Å². The third-order valence-corrected chi connectivity index (χ3v) is 4.49. The second-order valence-electron chi connectivity index (χ2n) is 6.62.